The predicted octanol–water partition coefficient (Wildman–Crippen LogP) is 2.86. The van der Waals surface area contributed by atoms with Gasteiger partial charge in [0.25, 0.3) is 5.91 Å². The third-order valence-corrected chi connectivity index (χ3v) is 3.15. The number of amides is 1. The van der Waals surface area contributed by atoms with E-state index >= 15 is 0 Å². The molecule has 94 valence electrons. The van der Waals surface area contributed by atoms with Crippen molar-refractivity contribution in [2.24, 2.45) is 7.05 Å². The molecule has 0 radical (unpaired) electrons. The Bertz CT molecular complexity index is 580. The molecule has 0 aliphatic carbocycles. The Hall–Kier alpha value is -1.62. The highest BCUT2D eigenvalue weighted by Gasteiger charge is 2.12. The van der Waals surface area contributed by atoms with Crippen LogP contribution in [0.15, 0.2) is 41.0 Å². The van der Waals surface area contributed by atoms with Crippen molar-refractivity contribution >= 4 is 21.8 Å². The molecule has 0 aliphatic rings. The van der Waals surface area contributed by atoms with Crippen LogP contribution in [0.25, 0.3) is 0 Å². The van der Waals surface area contributed by atoms with Crippen molar-refractivity contribution in [3.8, 4) is 0 Å². The Labute approximate surface area is 113 Å². The molecule has 0 saturated heterocycles. The van der Waals surface area contributed by atoms with Crippen LogP contribution in [-0.4, -0.2) is 10.5 Å². The molecule has 1 aromatic heterocycles. The fourth-order valence-electron chi connectivity index (χ4n) is 1.62. The van der Waals surface area contributed by atoms with E-state index in [-0.39, 0.29) is 5.56 Å². The zero-order chi connectivity index (χ0) is 13.1. The van der Waals surface area contributed by atoms with E-state index in [1.807, 2.05) is 29.9 Å². The maximum absolute atomic E-state index is 13.5. The van der Waals surface area contributed by atoms with E-state index in [0.717, 1.165) is 5.69 Å². The molecule has 2 aromatic rings. The highest BCUT2D eigenvalue weighted by Crippen LogP contribution is 2.15. The number of benzene rings is 1. The van der Waals surface area contributed by atoms with Crippen LogP contribution in [0.3, 0.4) is 0 Å². The first-order chi connectivity index (χ1) is 8.58. The second kappa shape index (κ2) is 5.35. The fraction of sp³-hybridized carbons (Fsp3) is 0.154. The third kappa shape index (κ3) is 2.79. The number of aromatic nitrogens is 1. The van der Waals surface area contributed by atoms with E-state index in [4.69, 9.17) is 0 Å². The lowest BCUT2D eigenvalue weighted by Crippen LogP contribution is -2.24. The van der Waals surface area contributed by atoms with Crippen molar-refractivity contribution in [1.29, 1.82) is 0 Å². The van der Waals surface area contributed by atoms with Gasteiger partial charge in [0, 0.05) is 23.4 Å². The minimum atomic E-state index is -0.525. The van der Waals surface area contributed by atoms with Gasteiger partial charge >= 0.3 is 0 Å². The Morgan fingerprint density at radius 3 is 2.89 bits per heavy atom. The van der Waals surface area contributed by atoms with Crippen LogP contribution in [0.1, 0.15) is 16.1 Å². The van der Waals surface area contributed by atoms with E-state index in [1.54, 1.807) is 6.07 Å². The lowest BCUT2D eigenvalue weighted by molar-refractivity contribution is 0.0946. The van der Waals surface area contributed by atoms with Gasteiger partial charge in [0.15, 0.2) is 0 Å². The van der Waals surface area contributed by atoms with Gasteiger partial charge in [-0.1, -0.05) is 15.9 Å². The SMILES string of the molecule is Cn1cccc1CNC(=O)c1cc(Br)ccc1F. The van der Waals surface area contributed by atoms with Crippen LogP contribution in [0.4, 0.5) is 4.39 Å². The monoisotopic (exact) mass is 310 g/mol. The molecule has 0 atom stereocenters. The molecule has 0 saturated carbocycles. The summed E-state index contributed by atoms with van der Waals surface area (Å²) in [5, 5.41) is 2.69. The van der Waals surface area contributed by atoms with Crippen molar-refractivity contribution in [3.05, 3.63) is 58.1 Å². The van der Waals surface area contributed by atoms with Gasteiger partial charge in [-0.05, 0) is 30.3 Å². The summed E-state index contributed by atoms with van der Waals surface area (Å²) >= 11 is 3.22. The standard InChI is InChI=1S/C13H12BrFN2O/c1-17-6-2-3-10(17)8-16-13(18)11-7-9(14)4-5-12(11)15/h2-7H,8H2,1H3,(H,16,18). The lowest BCUT2D eigenvalue weighted by Gasteiger charge is -2.07. The van der Waals surface area contributed by atoms with Gasteiger partial charge in [-0.25, -0.2) is 4.39 Å². The highest BCUT2D eigenvalue weighted by atomic mass is 79.9. The first kappa shape index (κ1) is 12.8. The molecule has 0 bridgehead atoms. The smallest absolute Gasteiger partial charge is 0.254 e. The predicted molar refractivity (Wildman–Crippen MR) is 70.7 cm³/mol. The summed E-state index contributed by atoms with van der Waals surface area (Å²) in [5.74, 6) is -0.947. The number of nitrogens with one attached hydrogen (secondary N) is 1. The Morgan fingerprint density at radius 2 is 2.22 bits per heavy atom. The van der Waals surface area contributed by atoms with Crippen molar-refractivity contribution in [1.82, 2.24) is 9.88 Å². The number of aryl methyl sites for hydroxylation is 1. The van der Waals surface area contributed by atoms with Crippen LogP contribution in [0, 0.1) is 5.82 Å². The average Bonchev–Trinajstić information content (AvgIpc) is 2.75. The van der Waals surface area contributed by atoms with Gasteiger partial charge in [0.2, 0.25) is 0 Å². The zero-order valence-electron chi connectivity index (χ0n) is 9.78. The number of hydrogen-bond acceptors (Lipinski definition) is 1. The van der Waals surface area contributed by atoms with Gasteiger partial charge in [-0.15, -0.1) is 0 Å². The molecule has 1 amide bonds. The van der Waals surface area contributed by atoms with Crippen molar-refractivity contribution in [2.75, 3.05) is 0 Å². The molecule has 2 rings (SSSR count). The van der Waals surface area contributed by atoms with Gasteiger partial charge in [-0.3, -0.25) is 4.79 Å². The molecule has 0 unspecified atom stereocenters. The van der Waals surface area contributed by atoms with Gasteiger partial charge < -0.3 is 9.88 Å². The first-order valence-electron chi connectivity index (χ1n) is 5.41. The van der Waals surface area contributed by atoms with E-state index in [2.05, 4.69) is 21.2 Å². The van der Waals surface area contributed by atoms with Crippen LogP contribution in [0.2, 0.25) is 0 Å². The number of carbonyl (C=O) groups is 1. The summed E-state index contributed by atoms with van der Waals surface area (Å²) < 4.78 is 16.1. The van der Waals surface area contributed by atoms with E-state index < -0.39 is 11.7 Å². The summed E-state index contributed by atoms with van der Waals surface area (Å²) in [4.78, 5) is 11.8. The normalized spacial score (nSPS) is 10.4. The summed E-state index contributed by atoms with van der Waals surface area (Å²) in [6.45, 7) is 0.369. The largest absolute Gasteiger partial charge is 0.353 e. The molecule has 1 heterocycles. The number of hydrogen-bond donors (Lipinski definition) is 1. The Morgan fingerprint density at radius 1 is 1.44 bits per heavy atom. The third-order valence-electron chi connectivity index (χ3n) is 2.65. The average molecular weight is 311 g/mol. The summed E-state index contributed by atoms with van der Waals surface area (Å²) in [6.07, 6.45) is 1.89. The molecule has 1 aromatic carbocycles. The van der Waals surface area contributed by atoms with Crippen LogP contribution >= 0.6 is 15.9 Å². The van der Waals surface area contributed by atoms with Crippen LogP contribution < -0.4 is 5.32 Å². The quantitative estimate of drug-likeness (QED) is 0.929. The molecular formula is C13H12BrFN2O. The molecule has 0 aliphatic heterocycles. The fourth-order valence-corrected chi connectivity index (χ4v) is 1.98. The second-order valence-electron chi connectivity index (χ2n) is 3.92. The molecule has 0 spiro atoms. The maximum Gasteiger partial charge on any atom is 0.254 e. The Balaban J connectivity index is 2.08. The number of carbonyl (C=O) groups excluding carboxylic acids is 1. The lowest BCUT2D eigenvalue weighted by atomic mass is 10.2. The van der Waals surface area contributed by atoms with Gasteiger partial charge in [0.05, 0.1) is 12.1 Å². The van der Waals surface area contributed by atoms with Crippen LogP contribution in [-0.2, 0) is 13.6 Å². The van der Waals surface area contributed by atoms with Crippen LogP contribution in [0.5, 0.6) is 0 Å². The second-order valence-corrected chi connectivity index (χ2v) is 4.83. The number of rotatable bonds is 3. The molecule has 0 fully saturated rings. The molecule has 1 N–H and O–H groups in total. The minimum absolute atomic E-state index is 0.0404. The van der Waals surface area contributed by atoms with Gasteiger partial charge in [-0.2, -0.15) is 0 Å². The Kier molecular flexibility index (Phi) is 3.81. The number of halogens is 2. The van der Waals surface area contributed by atoms with E-state index in [1.165, 1.54) is 12.1 Å². The molecule has 18 heavy (non-hydrogen) atoms. The van der Waals surface area contributed by atoms with Crippen molar-refractivity contribution in [3.63, 3.8) is 0 Å². The van der Waals surface area contributed by atoms with E-state index in [9.17, 15) is 9.18 Å². The summed E-state index contributed by atoms with van der Waals surface area (Å²) in [6, 6.07) is 8.08. The number of nitrogens with zero attached hydrogens (tertiary/aromatic N) is 1. The molecule has 5 heteroatoms. The topological polar surface area (TPSA) is 34.0 Å². The minimum Gasteiger partial charge on any atom is -0.353 e. The van der Waals surface area contributed by atoms with E-state index in [0.29, 0.717) is 11.0 Å². The zero-order valence-corrected chi connectivity index (χ0v) is 11.4. The molecular weight excluding hydrogens is 299 g/mol. The van der Waals surface area contributed by atoms with Gasteiger partial charge in [0.1, 0.15) is 5.82 Å². The van der Waals surface area contributed by atoms with Crippen molar-refractivity contribution < 1.29 is 9.18 Å². The highest BCUT2D eigenvalue weighted by molar-refractivity contribution is 9.10. The summed E-state index contributed by atoms with van der Waals surface area (Å²) in [7, 11) is 1.89. The molecule has 3 nitrogen and oxygen atoms in total. The van der Waals surface area contributed by atoms with Crippen molar-refractivity contribution in [2.45, 2.75) is 6.54 Å². The maximum atomic E-state index is 13.5. The first-order valence-corrected chi connectivity index (χ1v) is 6.20. The summed E-state index contributed by atoms with van der Waals surface area (Å²) in [5.41, 5.74) is 0.998.